The van der Waals surface area contributed by atoms with E-state index in [-0.39, 0.29) is 0 Å². The molecule has 1 rings (SSSR count). The standard InChI is InChI=1S/C4H8NPS/c1-4-2-3-7-6-5-4/h2,5-6H,3H2,1H3. The summed E-state index contributed by atoms with van der Waals surface area (Å²) >= 11 is 1.94. The van der Waals surface area contributed by atoms with Gasteiger partial charge >= 0.3 is 0 Å². The summed E-state index contributed by atoms with van der Waals surface area (Å²) < 4.78 is 0. The maximum atomic E-state index is 3.23. The Kier molecular flexibility index (Phi) is 2.01. The maximum Gasteiger partial charge on any atom is 0.0343 e. The molecule has 0 aromatic rings. The number of hydrogen-bond donors (Lipinski definition) is 1. The van der Waals surface area contributed by atoms with E-state index in [1.807, 2.05) is 11.4 Å². The molecule has 1 heterocycles. The molecule has 0 bridgehead atoms. The molecule has 0 saturated heterocycles. The van der Waals surface area contributed by atoms with Gasteiger partial charge in [0, 0.05) is 19.4 Å². The van der Waals surface area contributed by atoms with Gasteiger partial charge in [0.1, 0.15) is 0 Å². The van der Waals surface area contributed by atoms with Crippen molar-refractivity contribution in [1.29, 1.82) is 0 Å². The molecule has 1 N–H and O–H groups in total. The highest BCUT2D eigenvalue weighted by molar-refractivity contribution is 8.49. The summed E-state index contributed by atoms with van der Waals surface area (Å²) in [5, 5.41) is 3.23. The Morgan fingerprint density at radius 2 is 2.86 bits per heavy atom. The van der Waals surface area contributed by atoms with Crippen molar-refractivity contribution in [2.75, 3.05) is 5.75 Å². The molecule has 1 unspecified atom stereocenters. The van der Waals surface area contributed by atoms with Crippen LogP contribution in [0.3, 0.4) is 0 Å². The smallest absolute Gasteiger partial charge is 0.0343 e. The number of hydrogen-bond acceptors (Lipinski definition) is 2. The van der Waals surface area contributed by atoms with Crippen LogP contribution in [0.4, 0.5) is 0 Å². The number of allylic oxidation sites excluding steroid dienone is 1. The molecule has 0 aromatic heterocycles. The molecule has 0 aromatic carbocycles. The quantitative estimate of drug-likeness (QED) is 0.505. The van der Waals surface area contributed by atoms with Crippen molar-refractivity contribution in [1.82, 2.24) is 5.09 Å². The molecule has 0 amide bonds. The van der Waals surface area contributed by atoms with Crippen LogP contribution in [-0.2, 0) is 0 Å². The zero-order chi connectivity index (χ0) is 5.11. The van der Waals surface area contributed by atoms with E-state index in [1.165, 1.54) is 11.4 Å². The van der Waals surface area contributed by atoms with E-state index in [4.69, 9.17) is 0 Å². The minimum atomic E-state index is 0.880. The van der Waals surface area contributed by atoms with Gasteiger partial charge in [0.15, 0.2) is 0 Å². The van der Waals surface area contributed by atoms with Crippen LogP contribution in [-0.4, -0.2) is 5.75 Å². The molecule has 1 aliphatic heterocycles. The highest BCUT2D eigenvalue weighted by Crippen LogP contribution is 2.29. The van der Waals surface area contributed by atoms with Crippen molar-refractivity contribution in [2.24, 2.45) is 0 Å². The van der Waals surface area contributed by atoms with Crippen LogP contribution in [0.15, 0.2) is 11.8 Å². The van der Waals surface area contributed by atoms with E-state index in [2.05, 4.69) is 18.1 Å². The molecule has 0 aliphatic carbocycles. The lowest BCUT2D eigenvalue weighted by Crippen LogP contribution is -1.99. The Bertz CT molecular complexity index is 91.7. The van der Waals surface area contributed by atoms with Crippen LogP contribution in [0.25, 0.3) is 0 Å². The summed E-state index contributed by atoms with van der Waals surface area (Å²) in [6, 6.07) is 0. The van der Waals surface area contributed by atoms with E-state index >= 15 is 0 Å². The molecule has 7 heavy (non-hydrogen) atoms. The third-order valence-corrected chi connectivity index (χ3v) is 3.01. The fraction of sp³-hybridized carbons (Fsp3) is 0.500. The van der Waals surface area contributed by atoms with Crippen LogP contribution in [0.5, 0.6) is 0 Å². The topological polar surface area (TPSA) is 12.0 Å². The van der Waals surface area contributed by atoms with Gasteiger partial charge in [0.05, 0.1) is 0 Å². The first kappa shape index (κ1) is 5.46. The van der Waals surface area contributed by atoms with E-state index < -0.39 is 0 Å². The molecule has 1 atom stereocenters. The monoisotopic (exact) mass is 133 g/mol. The van der Waals surface area contributed by atoms with Gasteiger partial charge < -0.3 is 5.09 Å². The van der Waals surface area contributed by atoms with Gasteiger partial charge in [-0.3, -0.25) is 0 Å². The van der Waals surface area contributed by atoms with Crippen LogP contribution < -0.4 is 5.09 Å². The molecular formula is C4H8NPS. The number of nitrogens with one attached hydrogen (secondary N) is 1. The first-order valence-electron chi connectivity index (χ1n) is 2.19. The molecule has 0 radical (unpaired) electrons. The predicted octanol–water partition coefficient (Wildman–Crippen LogP) is 1.74. The zero-order valence-electron chi connectivity index (χ0n) is 4.19. The minimum absolute atomic E-state index is 0.880. The normalized spacial score (nSPS) is 23.9. The van der Waals surface area contributed by atoms with Crippen molar-refractivity contribution < 1.29 is 0 Å². The Morgan fingerprint density at radius 1 is 2.00 bits per heavy atom. The molecule has 1 aliphatic rings. The van der Waals surface area contributed by atoms with Gasteiger partial charge in [0.2, 0.25) is 0 Å². The summed E-state index contributed by atoms with van der Waals surface area (Å²) in [4.78, 5) is 0. The van der Waals surface area contributed by atoms with Gasteiger partial charge in [-0.15, -0.1) is 11.4 Å². The molecule has 0 fully saturated rings. The molecule has 3 heteroatoms. The Balaban J connectivity index is 2.40. The Morgan fingerprint density at radius 3 is 3.14 bits per heavy atom. The summed E-state index contributed by atoms with van der Waals surface area (Å²) in [6.45, 7) is 2.10. The van der Waals surface area contributed by atoms with Crippen molar-refractivity contribution in [3.05, 3.63) is 11.8 Å². The van der Waals surface area contributed by atoms with Crippen LogP contribution in [0, 0.1) is 0 Å². The summed E-state index contributed by atoms with van der Waals surface area (Å²) in [7, 11) is 0.880. The zero-order valence-corrected chi connectivity index (χ0v) is 6.01. The Hall–Kier alpha value is 0.320. The summed E-state index contributed by atoms with van der Waals surface area (Å²) in [5.74, 6) is 1.19. The highest BCUT2D eigenvalue weighted by atomic mass is 32.7. The van der Waals surface area contributed by atoms with Crippen molar-refractivity contribution in [2.45, 2.75) is 6.92 Å². The molecule has 1 nitrogen and oxygen atoms in total. The third kappa shape index (κ3) is 1.70. The fourth-order valence-corrected chi connectivity index (χ4v) is 2.33. The first-order valence-corrected chi connectivity index (χ1v) is 4.90. The van der Waals surface area contributed by atoms with E-state index in [1.54, 1.807) is 0 Å². The second-order valence-corrected chi connectivity index (χ2v) is 3.98. The third-order valence-electron chi connectivity index (χ3n) is 0.793. The average Bonchev–Trinajstić information content (AvgIpc) is 1.69. The van der Waals surface area contributed by atoms with Gasteiger partial charge in [-0.2, -0.15) is 0 Å². The predicted molar refractivity (Wildman–Crippen MR) is 37.7 cm³/mol. The molecular weight excluding hydrogens is 125 g/mol. The first-order chi connectivity index (χ1) is 3.39. The van der Waals surface area contributed by atoms with Crippen molar-refractivity contribution in [3.8, 4) is 0 Å². The largest absolute Gasteiger partial charge is 0.362 e. The van der Waals surface area contributed by atoms with Crippen LogP contribution >= 0.6 is 19.3 Å². The lowest BCUT2D eigenvalue weighted by molar-refractivity contribution is 1.19. The molecule has 0 saturated carbocycles. The van der Waals surface area contributed by atoms with Gasteiger partial charge in [-0.05, 0) is 6.92 Å². The lowest BCUT2D eigenvalue weighted by atomic mass is 10.5. The fourth-order valence-electron chi connectivity index (χ4n) is 0.376. The summed E-state index contributed by atoms with van der Waals surface area (Å²) in [6.07, 6.45) is 2.21. The van der Waals surface area contributed by atoms with Gasteiger partial charge in [-0.1, -0.05) is 6.08 Å². The van der Waals surface area contributed by atoms with Gasteiger partial charge in [-0.25, -0.2) is 0 Å². The van der Waals surface area contributed by atoms with E-state index in [0.29, 0.717) is 0 Å². The number of rotatable bonds is 0. The molecule has 0 spiro atoms. The summed E-state index contributed by atoms with van der Waals surface area (Å²) in [5.41, 5.74) is 1.33. The van der Waals surface area contributed by atoms with Gasteiger partial charge in [0.25, 0.3) is 0 Å². The molecule has 40 valence electrons. The second-order valence-electron chi connectivity index (χ2n) is 1.43. The highest BCUT2D eigenvalue weighted by Gasteiger charge is 1.93. The Labute approximate surface area is 49.5 Å². The van der Waals surface area contributed by atoms with Crippen LogP contribution in [0.1, 0.15) is 6.92 Å². The SMILES string of the molecule is CC1=CCSPN1. The second kappa shape index (κ2) is 2.58. The minimum Gasteiger partial charge on any atom is -0.362 e. The van der Waals surface area contributed by atoms with Crippen molar-refractivity contribution in [3.63, 3.8) is 0 Å². The maximum absolute atomic E-state index is 3.23. The average molecular weight is 133 g/mol. The van der Waals surface area contributed by atoms with Crippen LogP contribution in [0.2, 0.25) is 0 Å². The lowest BCUT2D eigenvalue weighted by Gasteiger charge is -2.09. The van der Waals surface area contributed by atoms with E-state index in [9.17, 15) is 0 Å². The van der Waals surface area contributed by atoms with E-state index in [0.717, 1.165) is 7.93 Å². The van der Waals surface area contributed by atoms with Crippen molar-refractivity contribution >= 4 is 19.3 Å².